The summed E-state index contributed by atoms with van der Waals surface area (Å²) in [7, 11) is 0. The molecule has 0 spiro atoms. The molecule has 18 heavy (non-hydrogen) atoms. The number of carbonyl (C=O) groups excluding carboxylic acids is 1. The van der Waals surface area contributed by atoms with Gasteiger partial charge in [0, 0.05) is 6.42 Å². The Balaban J connectivity index is 2.52. The third-order valence-electron chi connectivity index (χ3n) is 5.24. The highest BCUT2D eigenvalue weighted by Gasteiger charge is 2.65. The molecule has 0 aromatic rings. The van der Waals surface area contributed by atoms with Gasteiger partial charge >= 0.3 is 0 Å². The summed E-state index contributed by atoms with van der Waals surface area (Å²) in [4.78, 5) is 12.4. The molecule has 0 bridgehead atoms. The lowest BCUT2D eigenvalue weighted by Crippen LogP contribution is -2.55. The van der Waals surface area contributed by atoms with Crippen molar-refractivity contribution in [1.29, 1.82) is 0 Å². The summed E-state index contributed by atoms with van der Waals surface area (Å²) in [5.41, 5.74) is -1.06. The zero-order valence-corrected chi connectivity index (χ0v) is 11.7. The molecule has 2 N–H and O–H groups in total. The summed E-state index contributed by atoms with van der Waals surface area (Å²) in [5.74, 6) is 0.192. The summed E-state index contributed by atoms with van der Waals surface area (Å²) < 4.78 is 0. The molecule has 1 saturated carbocycles. The number of ketones is 1. The Labute approximate surface area is 109 Å². The molecule has 2 aliphatic rings. The van der Waals surface area contributed by atoms with E-state index in [-0.39, 0.29) is 17.6 Å². The van der Waals surface area contributed by atoms with Crippen molar-refractivity contribution in [1.82, 2.24) is 0 Å². The lowest BCUT2D eigenvalue weighted by molar-refractivity contribution is -0.154. The molecule has 0 aromatic heterocycles. The highest BCUT2D eigenvalue weighted by atomic mass is 16.3. The van der Waals surface area contributed by atoms with Gasteiger partial charge in [-0.2, -0.15) is 0 Å². The number of fused-ring (bicyclic) bond motifs is 1. The van der Waals surface area contributed by atoms with Crippen LogP contribution >= 0.6 is 0 Å². The predicted molar refractivity (Wildman–Crippen MR) is 70.0 cm³/mol. The lowest BCUT2D eigenvalue weighted by atomic mass is 9.66. The van der Waals surface area contributed by atoms with E-state index in [0.29, 0.717) is 12.8 Å². The van der Waals surface area contributed by atoms with E-state index in [1.165, 1.54) is 0 Å². The minimum atomic E-state index is -1.08. The SMILES string of the molecule is CC1=C[C@@H](O)[C@@]2(C)C(=O)C[C@H](C(C)C)[C@@]2(O)CC1. The van der Waals surface area contributed by atoms with Crippen molar-refractivity contribution < 1.29 is 15.0 Å². The summed E-state index contributed by atoms with van der Waals surface area (Å²) in [6, 6.07) is 0. The van der Waals surface area contributed by atoms with Crippen LogP contribution in [0.25, 0.3) is 0 Å². The minimum Gasteiger partial charge on any atom is -0.388 e. The van der Waals surface area contributed by atoms with Crippen molar-refractivity contribution in [2.75, 3.05) is 0 Å². The molecular weight excluding hydrogens is 228 g/mol. The molecule has 0 aromatic carbocycles. The summed E-state index contributed by atoms with van der Waals surface area (Å²) >= 11 is 0. The van der Waals surface area contributed by atoms with E-state index < -0.39 is 17.1 Å². The zero-order valence-electron chi connectivity index (χ0n) is 11.7. The topological polar surface area (TPSA) is 57.5 Å². The predicted octanol–water partition coefficient (Wildman–Crippen LogP) is 2.07. The van der Waals surface area contributed by atoms with E-state index in [1.54, 1.807) is 13.0 Å². The average Bonchev–Trinajstić information content (AvgIpc) is 2.44. The largest absolute Gasteiger partial charge is 0.388 e. The first kappa shape index (κ1) is 13.8. The first-order valence-electron chi connectivity index (χ1n) is 6.84. The molecule has 3 heteroatoms. The standard InChI is InChI=1S/C15H24O3/c1-9(2)11-8-13(17)14(4)12(16)7-10(3)5-6-15(11,14)18/h7,9,11-12,16,18H,5-6,8H2,1-4H3/t11-,12-,14+,15+/m1/s1. The first-order chi connectivity index (χ1) is 8.23. The normalized spacial score (nSPS) is 44.8. The maximum absolute atomic E-state index is 12.4. The van der Waals surface area contributed by atoms with Crippen LogP contribution in [-0.4, -0.2) is 27.7 Å². The Morgan fingerprint density at radius 2 is 2.06 bits per heavy atom. The monoisotopic (exact) mass is 252 g/mol. The van der Waals surface area contributed by atoms with Crippen molar-refractivity contribution >= 4 is 5.78 Å². The average molecular weight is 252 g/mol. The van der Waals surface area contributed by atoms with E-state index in [1.807, 2.05) is 20.8 Å². The number of Topliss-reactive ketones (excluding diaryl/α,β-unsaturated/α-hetero) is 1. The van der Waals surface area contributed by atoms with Gasteiger partial charge in [0.25, 0.3) is 0 Å². The van der Waals surface area contributed by atoms with Gasteiger partial charge in [-0.25, -0.2) is 0 Å². The van der Waals surface area contributed by atoms with Crippen LogP contribution in [0.2, 0.25) is 0 Å². The number of rotatable bonds is 1. The minimum absolute atomic E-state index is 0.00199. The van der Waals surface area contributed by atoms with Gasteiger partial charge in [-0.15, -0.1) is 0 Å². The third kappa shape index (κ3) is 1.60. The number of allylic oxidation sites excluding steroid dienone is 1. The molecule has 0 amide bonds. The van der Waals surface area contributed by atoms with Crippen LogP contribution < -0.4 is 0 Å². The van der Waals surface area contributed by atoms with Gasteiger partial charge in [-0.3, -0.25) is 4.79 Å². The molecule has 0 saturated heterocycles. The molecule has 0 radical (unpaired) electrons. The second-order valence-electron chi connectivity index (χ2n) is 6.56. The maximum Gasteiger partial charge on any atom is 0.144 e. The lowest BCUT2D eigenvalue weighted by Gasteiger charge is -2.43. The Morgan fingerprint density at radius 1 is 1.44 bits per heavy atom. The summed E-state index contributed by atoms with van der Waals surface area (Å²) in [6.07, 6.45) is 2.57. The summed E-state index contributed by atoms with van der Waals surface area (Å²) in [6.45, 7) is 7.77. The van der Waals surface area contributed by atoms with E-state index in [9.17, 15) is 15.0 Å². The van der Waals surface area contributed by atoms with Crippen molar-refractivity contribution in [3.63, 3.8) is 0 Å². The van der Waals surface area contributed by atoms with E-state index in [2.05, 4.69) is 0 Å². The number of aliphatic hydroxyl groups excluding tert-OH is 1. The molecule has 0 aliphatic heterocycles. The van der Waals surface area contributed by atoms with Gasteiger partial charge in [-0.05, 0) is 38.5 Å². The Bertz CT molecular complexity index is 399. The quantitative estimate of drug-likeness (QED) is 0.702. The van der Waals surface area contributed by atoms with Gasteiger partial charge in [0.1, 0.15) is 5.78 Å². The molecule has 2 aliphatic carbocycles. The smallest absolute Gasteiger partial charge is 0.144 e. The summed E-state index contributed by atoms with van der Waals surface area (Å²) in [5, 5.41) is 21.5. The second-order valence-corrected chi connectivity index (χ2v) is 6.56. The van der Waals surface area contributed by atoms with Gasteiger partial charge < -0.3 is 10.2 Å². The molecule has 102 valence electrons. The van der Waals surface area contributed by atoms with Crippen LogP contribution in [0.1, 0.15) is 47.0 Å². The van der Waals surface area contributed by atoms with Crippen LogP contribution in [0.4, 0.5) is 0 Å². The second kappa shape index (κ2) is 4.17. The number of hydrogen-bond donors (Lipinski definition) is 2. The van der Waals surface area contributed by atoms with Crippen molar-refractivity contribution in [3.05, 3.63) is 11.6 Å². The van der Waals surface area contributed by atoms with Gasteiger partial charge in [0.05, 0.1) is 17.1 Å². The number of hydrogen-bond acceptors (Lipinski definition) is 3. The molecule has 3 nitrogen and oxygen atoms in total. The molecule has 0 heterocycles. The van der Waals surface area contributed by atoms with Crippen LogP contribution in [0.15, 0.2) is 11.6 Å². The number of carbonyl (C=O) groups is 1. The zero-order chi connectivity index (χ0) is 13.7. The van der Waals surface area contributed by atoms with Gasteiger partial charge in [0.15, 0.2) is 0 Å². The molecule has 2 rings (SSSR count). The van der Waals surface area contributed by atoms with Gasteiger partial charge in [-0.1, -0.05) is 25.5 Å². The van der Waals surface area contributed by atoms with Crippen molar-refractivity contribution in [2.24, 2.45) is 17.3 Å². The first-order valence-corrected chi connectivity index (χ1v) is 6.84. The highest BCUT2D eigenvalue weighted by Crippen LogP contribution is 2.56. The molecule has 4 atom stereocenters. The van der Waals surface area contributed by atoms with Crippen molar-refractivity contribution in [2.45, 2.75) is 58.7 Å². The van der Waals surface area contributed by atoms with Crippen LogP contribution in [0.3, 0.4) is 0 Å². The van der Waals surface area contributed by atoms with Gasteiger partial charge in [0.2, 0.25) is 0 Å². The molecular formula is C15H24O3. The van der Waals surface area contributed by atoms with E-state index in [4.69, 9.17) is 0 Å². The number of aliphatic hydroxyl groups is 2. The fraction of sp³-hybridized carbons (Fsp3) is 0.800. The van der Waals surface area contributed by atoms with Crippen LogP contribution in [0, 0.1) is 17.3 Å². The van der Waals surface area contributed by atoms with Crippen molar-refractivity contribution in [3.8, 4) is 0 Å². The fourth-order valence-electron chi connectivity index (χ4n) is 3.77. The van der Waals surface area contributed by atoms with E-state index >= 15 is 0 Å². The Kier molecular flexibility index (Phi) is 3.19. The molecule has 1 fully saturated rings. The van der Waals surface area contributed by atoms with Crippen LogP contribution in [0.5, 0.6) is 0 Å². The van der Waals surface area contributed by atoms with E-state index in [0.717, 1.165) is 12.0 Å². The maximum atomic E-state index is 12.4. The fourth-order valence-corrected chi connectivity index (χ4v) is 3.77. The third-order valence-corrected chi connectivity index (χ3v) is 5.24. The Hall–Kier alpha value is -0.670. The highest BCUT2D eigenvalue weighted by molar-refractivity contribution is 5.90. The Morgan fingerprint density at radius 3 is 2.61 bits per heavy atom. The molecule has 0 unspecified atom stereocenters. The van der Waals surface area contributed by atoms with Crippen LogP contribution in [-0.2, 0) is 4.79 Å².